The molecule has 2 rings (SSSR count). The number of nitrogens with one attached hydrogen (secondary N) is 2. The number of hydrogen-bond donors (Lipinski definition) is 2. The van der Waals surface area contributed by atoms with E-state index in [2.05, 4.69) is 22.8 Å². The monoisotopic (exact) mass is 334 g/mol. The molecule has 24 heavy (non-hydrogen) atoms. The van der Waals surface area contributed by atoms with E-state index in [0.29, 0.717) is 42.9 Å². The molecule has 0 bridgehead atoms. The number of amides is 2. The molecule has 0 aliphatic heterocycles. The van der Waals surface area contributed by atoms with Gasteiger partial charge in [0.05, 0.1) is 13.7 Å². The highest BCUT2D eigenvalue weighted by Crippen LogP contribution is 2.30. The van der Waals surface area contributed by atoms with Crippen LogP contribution in [0.4, 0.5) is 10.5 Å². The van der Waals surface area contributed by atoms with Crippen molar-refractivity contribution in [3.63, 3.8) is 0 Å². The van der Waals surface area contributed by atoms with Crippen molar-refractivity contribution in [1.29, 1.82) is 0 Å². The summed E-state index contributed by atoms with van der Waals surface area (Å²) in [6, 6.07) is 5.09. The average molecular weight is 334 g/mol. The van der Waals surface area contributed by atoms with Gasteiger partial charge < -0.3 is 24.8 Å². The van der Waals surface area contributed by atoms with Crippen molar-refractivity contribution >= 4 is 11.7 Å². The fourth-order valence-electron chi connectivity index (χ4n) is 2.56. The van der Waals surface area contributed by atoms with E-state index >= 15 is 0 Å². The Morgan fingerprint density at radius 3 is 2.79 bits per heavy atom. The third-order valence-electron chi connectivity index (χ3n) is 3.90. The molecular weight excluding hydrogens is 308 g/mol. The number of urea groups is 1. The molecule has 1 aliphatic carbocycles. The number of carbonyl (C=O) groups excluding carboxylic acids is 1. The van der Waals surface area contributed by atoms with Crippen LogP contribution in [-0.2, 0) is 4.74 Å². The molecule has 1 aromatic carbocycles. The van der Waals surface area contributed by atoms with Crippen LogP contribution in [0.2, 0.25) is 0 Å². The highest BCUT2D eigenvalue weighted by atomic mass is 16.5. The lowest BCUT2D eigenvalue weighted by molar-refractivity contribution is 0.144. The van der Waals surface area contributed by atoms with Crippen molar-refractivity contribution in [1.82, 2.24) is 5.32 Å². The van der Waals surface area contributed by atoms with Gasteiger partial charge in [-0.1, -0.05) is 12.2 Å². The minimum atomic E-state index is -0.211. The van der Waals surface area contributed by atoms with E-state index in [1.807, 2.05) is 0 Å². The second-order valence-corrected chi connectivity index (χ2v) is 5.69. The van der Waals surface area contributed by atoms with E-state index in [-0.39, 0.29) is 6.03 Å². The summed E-state index contributed by atoms with van der Waals surface area (Å²) in [5, 5.41) is 5.75. The first-order chi connectivity index (χ1) is 11.7. The van der Waals surface area contributed by atoms with Gasteiger partial charge in [0.2, 0.25) is 0 Å². The lowest BCUT2D eigenvalue weighted by Gasteiger charge is -2.18. The van der Waals surface area contributed by atoms with Crippen LogP contribution in [0.25, 0.3) is 0 Å². The van der Waals surface area contributed by atoms with Crippen LogP contribution < -0.4 is 20.1 Å². The number of benzene rings is 1. The van der Waals surface area contributed by atoms with Gasteiger partial charge in [-0.15, -0.1) is 0 Å². The van der Waals surface area contributed by atoms with E-state index in [4.69, 9.17) is 14.2 Å². The topological polar surface area (TPSA) is 68.8 Å². The molecule has 0 fully saturated rings. The predicted molar refractivity (Wildman–Crippen MR) is 93.9 cm³/mol. The Labute approximate surface area is 143 Å². The molecular formula is C18H26N2O4. The fourth-order valence-corrected chi connectivity index (χ4v) is 2.56. The minimum Gasteiger partial charge on any atom is -0.493 e. The molecule has 1 unspecified atom stereocenters. The Morgan fingerprint density at radius 2 is 2.08 bits per heavy atom. The molecule has 2 N–H and O–H groups in total. The van der Waals surface area contributed by atoms with E-state index in [1.54, 1.807) is 32.4 Å². The largest absolute Gasteiger partial charge is 0.493 e. The number of ether oxygens (including phenoxy) is 3. The molecule has 0 saturated carbocycles. The van der Waals surface area contributed by atoms with E-state index in [0.717, 1.165) is 19.3 Å². The molecule has 0 heterocycles. The molecule has 1 aliphatic rings. The van der Waals surface area contributed by atoms with E-state index in [9.17, 15) is 4.79 Å². The zero-order valence-corrected chi connectivity index (χ0v) is 14.3. The van der Waals surface area contributed by atoms with Crippen molar-refractivity contribution in [2.75, 3.05) is 39.3 Å². The summed E-state index contributed by atoms with van der Waals surface area (Å²) in [5.74, 6) is 1.71. The maximum atomic E-state index is 12.0. The van der Waals surface area contributed by atoms with Crippen LogP contribution in [-0.4, -0.2) is 40.0 Å². The Morgan fingerprint density at radius 1 is 1.21 bits per heavy atom. The van der Waals surface area contributed by atoms with Crippen molar-refractivity contribution in [3.05, 3.63) is 30.4 Å². The summed E-state index contributed by atoms with van der Waals surface area (Å²) >= 11 is 0. The van der Waals surface area contributed by atoms with Crippen molar-refractivity contribution in [2.45, 2.75) is 19.3 Å². The lowest BCUT2D eigenvalue weighted by Crippen LogP contribution is -2.33. The van der Waals surface area contributed by atoms with Gasteiger partial charge in [-0.3, -0.25) is 0 Å². The van der Waals surface area contributed by atoms with Gasteiger partial charge in [0.1, 0.15) is 6.61 Å². The summed E-state index contributed by atoms with van der Waals surface area (Å²) in [5.41, 5.74) is 0.657. The number of rotatable bonds is 8. The van der Waals surface area contributed by atoms with Gasteiger partial charge in [0, 0.05) is 25.4 Å². The molecule has 6 heteroatoms. The molecule has 0 spiro atoms. The first-order valence-electron chi connectivity index (χ1n) is 8.22. The maximum absolute atomic E-state index is 12.0. The van der Waals surface area contributed by atoms with Gasteiger partial charge in [-0.2, -0.15) is 0 Å². The normalized spacial score (nSPS) is 16.5. The van der Waals surface area contributed by atoms with Crippen LogP contribution in [0.1, 0.15) is 19.3 Å². The second kappa shape index (κ2) is 9.82. The molecule has 2 amide bonds. The lowest BCUT2D eigenvalue weighted by atomic mass is 9.94. The highest BCUT2D eigenvalue weighted by molar-refractivity contribution is 5.89. The number of carbonyl (C=O) groups is 1. The average Bonchev–Trinajstić information content (AvgIpc) is 2.61. The van der Waals surface area contributed by atoms with Gasteiger partial charge in [0.15, 0.2) is 11.5 Å². The second-order valence-electron chi connectivity index (χ2n) is 5.69. The number of anilines is 1. The van der Waals surface area contributed by atoms with Crippen LogP contribution in [0.3, 0.4) is 0 Å². The summed E-state index contributed by atoms with van der Waals surface area (Å²) in [7, 11) is 3.20. The Bertz CT molecular complexity index is 560. The van der Waals surface area contributed by atoms with Gasteiger partial charge in [-0.25, -0.2) is 4.79 Å². The summed E-state index contributed by atoms with van der Waals surface area (Å²) in [6.45, 7) is 1.58. The first kappa shape index (κ1) is 18.1. The molecule has 1 atom stereocenters. The maximum Gasteiger partial charge on any atom is 0.319 e. The quantitative estimate of drug-likeness (QED) is 0.566. The zero-order chi connectivity index (χ0) is 17.2. The van der Waals surface area contributed by atoms with E-state index < -0.39 is 0 Å². The molecule has 0 saturated heterocycles. The van der Waals surface area contributed by atoms with Crippen LogP contribution in [0.15, 0.2) is 30.4 Å². The standard InChI is InChI=1S/C18H26N2O4/c1-22-10-11-24-17-12-15(8-9-16(17)23-2)20-18(21)19-13-14-6-4-3-5-7-14/h3-4,8-9,12,14H,5-7,10-11,13H2,1-2H3,(H2,19,20,21). The third kappa shape index (κ3) is 5.77. The molecule has 0 radical (unpaired) electrons. The zero-order valence-electron chi connectivity index (χ0n) is 14.3. The van der Waals surface area contributed by atoms with Gasteiger partial charge >= 0.3 is 6.03 Å². The first-order valence-corrected chi connectivity index (χ1v) is 8.22. The van der Waals surface area contributed by atoms with Crippen molar-refractivity contribution in [3.8, 4) is 11.5 Å². The fraction of sp³-hybridized carbons (Fsp3) is 0.500. The SMILES string of the molecule is COCCOc1cc(NC(=O)NCC2CC=CCC2)ccc1OC. The van der Waals surface area contributed by atoms with Crippen LogP contribution >= 0.6 is 0 Å². The van der Waals surface area contributed by atoms with Crippen LogP contribution in [0.5, 0.6) is 11.5 Å². The van der Waals surface area contributed by atoms with Gasteiger partial charge in [-0.05, 0) is 37.3 Å². The third-order valence-corrected chi connectivity index (χ3v) is 3.90. The smallest absolute Gasteiger partial charge is 0.319 e. The minimum absolute atomic E-state index is 0.211. The van der Waals surface area contributed by atoms with Crippen molar-refractivity contribution in [2.24, 2.45) is 5.92 Å². The molecule has 0 aromatic heterocycles. The highest BCUT2D eigenvalue weighted by Gasteiger charge is 2.12. The Kier molecular flexibility index (Phi) is 7.42. The summed E-state index contributed by atoms with van der Waals surface area (Å²) in [4.78, 5) is 12.0. The Balaban J connectivity index is 1.87. The number of methoxy groups -OCH3 is 2. The summed E-state index contributed by atoms with van der Waals surface area (Å²) in [6.07, 6.45) is 7.62. The number of allylic oxidation sites excluding steroid dienone is 2. The Hall–Kier alpha value is -2.21. The summed E-state index contributed by atoms with van der Waals surface area (Å²) < 4.78 is 15.8. The van der Waals surface area contributed by atoms with Crippen molar-refractivity contribution < 1.29 is 19.0 Å². The molecule has 132 valence electrons. The van der Waals surface area contributed by atoms with E-state index in [1.165, 1.54) is 0 Å². The number of hydrogen-bond acceptors (Lipinski definition) is 4. The molecule has 6 nitrogen and oxygen atoms in total. The van der Waals surface area contributed by atoms with Crippen LogP contribution in [0, 0.1) is 5.92 Å². The predicted octanol–water partition coefficient (Wildman–Crippen LogP) is 3.20. The van der Waals surface area contributed by atoms with Gasteiger partial charge in [0.25, 0.3) is 0 Å². The molecule has 1 aromatic rings.